The van der Waals surface area contributed by atoms with Gasteiger partial charge in [-0.15, -0.1) is 0 Å². The molecule has 2 rings (SSSR count). The molecule has 1 heterocycles. The van der Waals surface area contributed by atoms with Gasteiger partial charge in [-0.25, -0.2) is 0 Å². The lowest BCUT2D eigenvalue weighted by atomic mass is 10.1. The Morgan fingerprint density at radius 1 is 1.20 bits per heavy atom. The van der Waals surface area contributed by atoms with E-state index in [4.69, 9.17) is 9.47 Å². The number of pyridine rings is 1. The van der Waals surface area contributed by atoms with Crippen LogP contribution in [0.2, 0.25) is 0 Å². The number of benzene rings is 1. The number of aromatic nitrogens is 1. The summed E-state index contributed by atoms with van der Waals surface area (Å²) in [5.41, 5.74) is -0.00332. The number of nitrogens with zero attached hydrogens (tertiary/aromatic N) is 1. The monoisotopic (exact) mass is 275 g/mol. The fraction of sp³-hybridized carbons (Fsp3) is 0.438. The lowest BCUT2D eigenvalue weighted by Gasteiger charge is -2.13. The lowest BCUT2D eigenvalue weighted by molar-refractivity contribution is 0.138. The predicted octanol–water partition coefficient (Wildman–Crippen LogP) is 2.83. The fourth-order valence-electron chi connectivity index (χ4n) is 2.13. The average Bonchev–Trinajstić information content (AvgIpc) is 2.41. The van der Waals surface area contributed by atoms with Gasteiger partial charge in [-0.05, 0) is 39.0 Å². The van der Waals surface area contributed by atoms with E-state index in [0.717, 1.165) is 11.1 Å². The van der Waals surface area contributed by atoms with E-state index in [1.165, 1.54) is 0 Å². The maximum Gasteiger partial charge on any atom is 0.258 e. The summed E-state index contributed by atoms with van der Waals surface area (Å²) in [6.07, 6.45) is 1.89. The molecule has 0 fully saturated rings. The van der Waals surface area contributed by atoms with Crippen molar-refractivity contribution in [3.05, 3.63) is 40.8 Å². The van der Waals surface area contributed by atoms with Crippen LogP contribution in [0.25, 0.3) is 10.8 Å². The van der Waals surface area contributed by atoms with E-state index in [9.17, 15) is 4.79 Å². The molecule has 0 aliphatic heterocycles. The van der Waals surface area contributed by atoms with Gasteiger partial charge in [-0.3, -0.25) is 4.79 Å². The van der Waals surface area contributed by atoms with Gasteiger partial charge in [0.25, 0.3) is 5.56 Å². The van der Waals surface area contributed by atoms with Gasteiger partial charge in [0.05, 0.1) is 18.1 Å². The summed E-state index contributed by atoms with van der Waals surface area (Å²) in [5.74, 6) is 0.756. The number of hydrogen-bond acceptors (Lipinski definition) is 3. The van der Waals surface area contributed by atoms with Gasteiger partial charge < -0.3 is 14.0 Å². The van der Waals surface area contributed by atoms with Crippen LogP contribution in [0.15, 0.2) is 35.3 Å². The van der Waals surface area contributed by atoms with Crippen molar-refractivity contribution in [1.82, 2.24) is 4.57 Å². The second kappa shape index (κ2) is 6.57. The van der Waals surface area contributed by atoms with Crippen LogP contribution < -0.4 is 10.3 Å². The quantitative estimate of drug-likeness (QED) is 0.761. The van der Waals surface area contributed by atoms with Crippen LogP contribution in [-0.4, -0.2) is 23.9 Å². The first-order chi connectivity index (χ1) is 9.63. The standard InChI is InChI=1S/C16H21NO3/c1-4-19-11-10-17-9-8-13-14(16(17)18)6-5-7-15(13)20-12(2)3/h5-9,12H,4,10-11H2,1-3H3. The highest BCUT2D eigenvalue weighted by atomic mass is 16.5. The predicted molar refractivity (Wildman–Crippen MR) is 80.5 cm³/mol. The molecule has 0 N–H and O–H groups in total. The minimum absolute atomic E-state index is 0.00332. The molecule has 1 aromatic carbocycles. The van der Waals surface area contributed by atoms with Gasteiger partial charge in [0.1, 0.15) is 5.75 Å². The van der Waals surface area contributed by atoms with Crippen LogP contribution in [0, 0.1) is 0 Å². The van der Waals surface area contributed by atoms with Crippen LogP contribution in [0.5, 0.6) is 5.75 Å². The van der Waals surface area contributed by atoms with Crippen LogP contribution in [0.3, 0.4) is 0 Å². The van der Waals surface area contributed by atoms with Crippen LogP contribution >= 0.6 is 0 Å². The smallest absolute Gasteiger partial charge is 0.258 e. The molecule has 0 amide bonds. The summed E-state index contributed by atoms with van der Waals surface area (Å²) >= 11 is 0. The van der Waals surface area contributed by atoms with E-state index >= 15 is 0 Å². The minimum Gasteiger partial charge on any atom is -0.490 e. The van der Waals surface area contributed by atoms with E-state index in [-0.39, 0.29) is 11.7 Å². The van der Waals surface area contributed by atoms with Gasteiger partial charge in [0.15, 0.2) is 0 Å². The summed E-state index contributed by atoms with van der Waals surface area (Å²) < 4.78 is 12.7. The van der Waals surface area contributed by atoms with E-state index < -0.39 is 0 Å². The van der Waals surface area contributed by atoms with Crippen molar-refractivity contribution in [3.63, 3.8) is 0 Å². The number of hydrogen-bond donors (Lipinski definition) is 0. The lowest BCUT2D eigenvalue weighted by Crippen LogP contribution is -2.22. The largest absolute Gasteiger partial charge is 0.490 e. The Bertz CT molecular complexity index is 631. The van der Waals surface area contributed by atoms with Gasteiger partial charge in [0.2, 0.25) is 0 Å². The molecule has 0 saturated carbocycles. The number of ether oxygens (including phenoxy) is 2. The van der Waals surface area contributed by atoms with Gasteiger partial charge in [-0.2, -0.15) is 0 Å². The Labute approximate surface area is 118 Å². The summed E-state index contributed by atoms with van der Waals surface area (Å²) in [6.45, 7) is 7.67. The van der Waals surface area contributed by atoms with E-state index in [2.05, 4.69) is 0 Å². The number of fused-ring (bicyclic) bond motifs is 1. The highest BCUT2D eigenvalue weighted by molar-refractivity contribution is 5.87. The molecule has 0 spiro atoms. The zero-order chi connectivity index (χ0) is 14.5. The molecule has 0 aliphatic carbocycles. The van der Waals surface area contributed by atoms with Crippen molar-refractivity contribution in [2.75, 3.05) is 13.2 Å². The van der Waals surface area contributed by atoms with E-state index in [1.807, 2.05) is 45.0 Å². The van der Waals surface area contributed by atoms with Gasteiger partial charge >= 0.3 is 0 Å². The Balaban J connectivity index is 2.39. The van der Waals surface area contributed by atoms with Gasteiger partial charge in [-0.1, -0.05) is 6.07 Å². The maximum absolute atomic E-state index is 12.4. The van der Waals surface area contributed by atoms with Crippen molar-refractivity contribution in [3.8, 4) is 5.75 Å². The van der Waals surface area contributed by atoms with E-state index in [0.29, 0.717) is 25.1 Å². The Kier molecular flexibility index (Phi) is 4.79. The molecule has 0 bridgehead atoms. The first-order valence-electron chi connectivity index (χ1n) is 7.00. The molecule has 0 unspecified atom stereocenters. The molecule has 0 radical (unpaired) electrons. The molecule has 4 heteroatoms. The molecule has 108 valence electrons. The molecule has 4 nitrogen and oxygen atoms in total. The molecule has 0 atom stereocenters. The molecular weight excluding hydrogens is 254 g/mol. The molecule has 0 aliphatic rings. The van der Waals surface area contributed by atoms with Crippen LogP contribution in [-0.2, 0) is 11.3 Å². The third kappa shape index (κ3) is 3.20. The zero-order valence-electron chi connectivity index (χ0n) is 12.3. The van der Waals surface area contributed by atoms with Crippen molar-refractivity contribution >= 4 is 10.8 Å². The normalized spacial score (nSPS) is 11.2. The molecule has 2 aromatic rings. The van der Waals surface area contributed by atoms with Crippen molar-refractivity contribution in [1.29, 1.82) is 0 Å². The summed E-state index contributed by atoms with van der Waals surface area (Å²) in [6, 6.07) is 7.52. The van der Waals surface area contributed by atoms with Crippen molar-refractivity contribution in [2.45, 2.75) is 33.4 Å². The van der Waals surface area contributed by atoms with E-state index in [1.54, 1.807) is 10.8 Å². The first kappa shape index (κ1) is 14.6. The van der Waals surface area contributed by atoms with Crippen molar-refractivity contribution in [2.24, 2.45) is 0 Å². The Hall–Kier alpha value is -1.81. The second-order valence-corrected chi connectivity index (χ2v) is 4.90. The van der Waals surface area contributed by atoms with Crippen molar-refractivity contribution < 1.29 is 9.47 Å². The first-order valence-corrected chi connectivity index (χ1v) is 7.00. The summed E-state index contributed by atoms with van der Waals surface area (Å²) in [4.78, 5) is 12.4. The number of rotatable bonds is 6. The SMILES string of the molecule is CCOCCn1ccc2c(OC(C)C)cccc2c1=O. The Morgan fingerprint density at radius 3 is 2.70 bits per heavy atom. The fourth-order valence-corrected chi connectivity index (χ4v) is 2.13. The molecule has 1 aromatic heterocycles. The van der Waals surface area contributed by atoms with Gasteiger partial charge in [0, 0.05) is 24.7 Å². The minimum atomic E-state index is -0.00332. The maximum atomic E-state index is 12.4. The highest BCUT2D eigenvalue weighted by Crippen LogP contribution is 2.24. The highest BCUT2D eigenvalue weighted by Gasteiger charge is 2.08. The van der Waals surface area contributed by atoms with Crippen LogP contribution in [0.1, 0.15) is 20.8 Å². The molecule has 0 saturated heterocycles. The third-order valence-electron chi connectivity index (χ3n) is 3.02. The van der Waals surface area contributed by atoms with Crippen LogP contribution in [0.4, 0.5) is 0 Å². The second-order valence-electron chi connectivity index (χ2n) is 4.90. The molecule has 20 heavy (non-hydrogen) atoms. The zero-order valence-corrected chi connectivity index (χ0v) is 12.3. The summed E-state index contributed by atoms with van der Waals surface area (Å²) in [5, 5.41) is 1.54. The Morgan fingerprint density at radius 2 is 2.00 bits per heavy atom. The third-order valence-corrected chi connectivity index (χ3v) is 3.02. The topological polar surface area (TPSA) is 40.5 Å². The molecular formula is C16H21NO3. The average molecular weight is 275 g/mol. The summed E-state index contributed by atoms with van der Waals surface area (Å²) in [7, 11) is 0.